The maximum Gasteiger partial charge on any atom is 0.231 e. The predicted molar refractivity (Wildman–Crippen MR) is 149 cm³/mol. The van der Waals surface area contributed by atoms with Crippen molar-refractivity contribution < 1.29 is 27.8 Å². The van der Waals surface area contributed by atoms with Gasteiger partial charge in [-0.2, -0.15) is 0 Å². The number of ketones is 1. The second-order valence-electron chi connectivity index (χ2n) is 11.2. The Kier molecular flexibility index (Phi) is 6.47. The topological polar surface area (TPSA) is 104 Å². The minimum atomic E-state index is -2.05. The van der Waals surface area contributed by atoms with Gasteiger partial charge in [-0.25, -0.2) is 13.8 Å². The van der Waals surface area contributed by atoms with E-state index in [1.165, 1.54) is 37.3 Å². The smallest absolute Gasteiger partial charge is 0.231 e. The highest BCUT2D eigenvalue weighted by Gasteiger charge is 2.45. The van der Waals surface area contributed by atoms with E-state index in [0.717, 1.165) is 18.2 Å². The van der Waals surface area contributed by atoms with Crippen molar-refractivity contribution in [3.8, 4) is 22.8 Å². The summed E-state index contributed by atoms with van der Waals surface area (Å²) in [5.74, 6) is -0.448. The zero-order valence-electron chi connectivity index (χ0n) is 22.7. The van der Waals surface area contributed by atoms with E-state index < -0.39 is 22.8 Å². The van der Waals surface area contributed by atoms with E-state index in [1.54, 1.807) is 31.3 Å². The summed E-state index contributed by atoms with van der Waals surface area (Å²) in [4.78, 5) is 34.7. The molecule has 0 radical (unpaired) electrons. The summed E-state index contributed by atoms with van der Waals surface area (Å²) in [5, 5.41) is 0.770. The fourth-order valence-corrected chi connectivity index (χ4v) is 5.05. The number of carbonyl (C=O) groups excluding carboxylic acids is 2. The SMILES string of the molecule is C[C@](F)(CCC(=O)c1cc(OC2CC2)c2ncccc2c1)c1cc2c(c(-c3ccc(F)cc3)n1)OC[C@]2(C)C(N)=O. The van der Waals surface area contributed by atoms with Gasteiger partial charge in [-0.3, -0.25) is 14.6 Å². The van der Waals surface area contributed by atoms with Gasteiger partial charge in [0.05, 0.1) is 11.8 Å². The number of nitrogens with two attached hydrogens (primary N) is 1. The maximum atomic E-state index is 16.4. The quantitative estimate of drug-likeness (QED) is 0.255. The molecule has 2 aromatic heterocycles. The van der Waals surface area contributed by atoms with Crippen LogP contribution in [0, 0.1) is 5.82 Å². The molecule has 2 atom stereocenters. The molecule has 2 aliphatic rings. The molecule has 0 spiro atoms. The molecule has 1 aliphatic carbocycles. The number of carbonyl (C=O) groups is 2. The molecule has 0 unspecified atom stereocenters. The van der Waals surface area contributed by atoms with Gasteiger partial charge in [-0.05, 0) is 81.6 Å². The Morgan fingerprint density at radius 2 is 1.93 bits per heavy atom. The van der Waals surface area contributed by atoms with Crippen molar-refractivity contribution in [2.45, 2.75) is 56.7 Å². The van der Waals surface area contributed by atoms with Crippen LogP contribution in [0.2, 0.25) is 0 Å². The lowest BCUT2D eigenvalue weighted by atomic mass is 9.81. The van der Waals surface area contributed by atoms with Crippen LogP contribution in [0.3, 0.4) is 0 Å². The first-order valence-corrected chi connectivity index (χ1v) is 13.6. The fraction of sp³-hybridized carbons (Fsp3) is 0.312. The third-order valence-electron chi connectivity index (χ3n) is 7.90. The molecule has 1 amide bonds. The molecular formula is C32H29F2N3O4. The van der Waals surface area contributed by atoms with Crippen molar-refractivity contribution in [3.63, 3.8) is 0 Å². The van der Waals surface area contributed by atoms with Gasteiger partial charge >= 0.3 is 0 Å². The standard InChI is InChI=1S/C32H29F2N3O4/c1-31(30(35)39)17-40-29-23(31)16-26(37-28(29)18-5-7-21(33)8-6-18)32(2,34)12-11-24(38)20-14-19-4-3-13-36-27(19)25(15-20)41-22-9-10-22/h3-8,13-16,22H,9-12,17H2,1-2H3,(H2,35,39)/t31-,32-/m0/s1. The number of alkyl halides is 1. The number of Topliss-reactive ketones (excluding diaryl/α,β-unsaturated/α-hetero) is 1. The van der Waals surface area contributed by atoms with Crippen LogP contribution in [0.15, 0.2) is 60.8 Å². The number of ether oxygens (including phenoxy) is 2. The summed E-state index contributed by atoms with van der Waals surface area (Å²) in [7, 11) is 0. The Hall–Kier alpha value is -4.40. The van der Waals surface area contributed by atoms with Crippen molar-refractivity contribution in [3.05, 3.63) is 83.4 Å². The van der Waals surface area contributed by atoms with Gasteiger partial charge in [-0.15, -0.1) is 0 Å². The first kappa shape index (κ1) is 26.8. The highest BCUT2D eigenvalue weighted by molar-refractivity contribution is 6.01. The lowest BCUT2D eigenvalue weighted by molar-refractivity contribution is -0.123. The number of fused-ring (bicyclic) bond motifs is 2. The van der Waals surface area contributed by atoms with Crippen LogP contribution >= 0.6 is 0 Å². The number of aromatic nitrogens is 2. The van der Waals surface area contributed by atoms with E-state index >= 15 is 4.39 Å². The van der Waals surface area contributed by atoms with Gasteiger partial charge in [0.25, 0.3) is 0 Å². The molecule has 1 fully saturated rings. The van der Waals surface area contributed by atoms with Crippen molar-refractivity contribution >= 4 is 22.6 Å². The third-order valence-corrected chi connectivity index (χ3v) is 7.90. The van der Waals surface area contributed by atoms with Gasteiger partial charge in [0.1, 0.15) is 46.2 Å². The number of hydrogen-bond acceptors (Lipinski definition) is 6. The predicted octanol–water partition coefficient (Wildman–Crippen LogP) is 5.96. The summed E-state index contributed by atoms with van der Waals surface area (Å²) < 4.78 is 41.9. The zero-order chi connectivity index (χ0) is 28.9. The number of benzene rings is 2. The number of amides is 1. The summed E-state index contributed by atoms with van der Waals surface area (Å²) in [5.41, 5.74) is 4.78. The Morgan fingerprint density at radius 1 is 1.17 bits per heavy atom. The molecular weight excluding hydrogens is 528 g/mol. The molecule has 9 heteroatoms. The van der Waals surface area contributed by atoms with E-state index in [0.29, 0.717) is 33.7 Å². The summed E-state index contributed by atoms with van der Waals surface area (Å²) in [6.07, 6.45) is 3.45. The molecule has 41 heavy (non-hydrogen) atoms. The molecule has 2 aromatic carbocycles. The number of rotatable bonds is 9. The second-order valence-corrected chi connectivity index (χ2v) is 11.2. The van der Waals surface area contributed by atoms with E-state index in [1.807, 2.05) is 6.07 Å². The first-order valence-electron chi connectivity index (χ1n) is 13.6. The third kappa shape index (κ3) is 5.01. The van der Waals surface area contributed by atoms with Crippen molar-refractivity contribution in [1.82, 2.24) is 9.97 Å². The number of pyridine rings is 2. The normalized spacial score (nSPS) is 19.3. The highest BCUT2D eigenvalue weighted by Crippen LogP contribution is 2.46. The average molecular weight is 558 g/mol. The number of halogens is 2. The van der Waals surface area contributed by atoms with Gasteiger partial charge in [0.15, 0.2) is 5.78 Å². The van der Waals surface area contributed by atoms with Crippen LogP contribution in [0.1, 0.15) is 61.1 Å². The van der Waals surface area contributed by atoms with Crippen LogP contribution < -0.4 is 15.2 Å². The van der Waals surface area contributed by atoms with E-state index in [4.69, 9.17) is 15.2 Å². The van der Waals surface area contributed by atoms with E-state index in [9.17, 15) is 14.0 Å². The zero-order valence-corrected chi connectivity index (χ0v) is 22.7. The molecule has 4 aromatic rings. The Balaban J connectivity index is 1.32. The minimum Gasteiger partial charge on any atom is -0.489 e. The van der Waals surface area contributed by atoms with E-state index in [2.05, 4.69) is 9.97 Å². The van der Waals surface area contributed by atoms with Gasteiger partial charge < -0.3 is 15.2 Å². The van der Waals surface area contributed by atoms with Crippen LogP contribution in [0.5, 0.6) is 11.5 Å². The second kappa shape index (κ2) is 9.90. The Morgan fingerprint density at radius 3 is 2.63 bits per heavy atom. The Bertz CT molecular complexity index is 1680. The molecule has 7 nitrogen and oxygen atoms in total. The molecule has 0 bridgehead atoms. The lowest BCUT2D eigenvalue weighted by Crippen LogP contribution is -2.40. The van der Waals surface area contributed by atoms with Crippen LogP contribution in [0.25, 0.3) is 22.2 Å². The summed E-state index contributed by atoms with van der Waals surface area (Å²) in [6.45, 7) is 2.96. The largest absolute Gasteiger partial charge is 0.489 e. The molecule has 2 N–H and O–H groups in total. The van der Waals surface area contributed by atoms with Gasteiger partial charge in [0, 0.05) is 34.7 Å². The van der Waals surface area contributed by atoms with Crippen molar-refractivity contribution in [2.75, 3.05) is 6.61 Å². The molecule has 3 heterocycles. The van der Waals surface area contributed by atoms with Crippen LogP contribution in [-0.4, -0.2) is 34.4 Å². The summed E-state index contributed by atoms with van der Waals surface area (Å²) >= 11 is 0. The molecule has 210 valence electrons. The fourth-order valence-electron chi connectivity index (χ4n) is 5.05. The first-order chi connectivity index (χ1) is 19.5. The number of nitrogens with zero attached hydrogens (tertiary/aromatic N) is 2. The average Bonchev–Trinajstić information content (AvgIpc) is 3.71. The Labute approximate surface area is 235 Å². The maximum absolute atomic E-state index is 16.4. The highest BCUT2D eigenvalue weighted by atomic mass is 19.1. The van der Waals surface area contributed by atoms with Gasteiger partial charge in [-0.1, -0.05) is 6.07 Å². The van der Waals surface area contributed by atoms with Gasteiger partial charge in [0.2, 0.25) is 5.91 Å². The van der Waals surface area contributed by atoms with Crippen molar-refractivity contribution in [1.29, 1.82) is 0 Å². The number of primary amides is 1. The number of hydrogen-bond donors (Lipinski definition) is 1. The minimum absolute atomic E-state index is 0.0272. The monoisotopic (exact) mass is 557 g/mol. The molecule has 0 saturated heterocycles. The van der Waals surface area contributed by atoms with Crippen LogP contribution in [0.4, 0.5) is 8.78 Å². The molecule has 1 saturated carbocycles. The molecule has 6 rings (SSSR count). The summed E-state index contributed by atoms with van der Waals surface area (Å²) in [6, 6.07) is 14.1. The van der Waals surface area contributed by atoms with E-state index in [-0.39, 0.29) is 42.7 Å². The van der Waals surface area contributed by atoms with Crippen molar-refractivity contribution in [2.24, 2.45) is 5.73 Å². The molecule has 1 aliphatic heterocycles. The lowest BCUT2D eigenvalue weighted by Gasteiger charge is -2.24. The van der Waals surface area contributed by atoms with Crippen LogP contribution in [-0.2, 0) is 15.9 Å².